The highest BCUT2D eigenvalue weighted by atomic mass is 32.2. The van der Waals surface area contributed by atoms with Crippen LogP contribution in [0.1, 0.15) is 64.8 Å². The number of thioether (sulfide) groups is 1. The van der Waals surface area contributed by atoms with Crippen molar-refractivity contribution in [1.82, 2.24) is 4.98 Å². The van der Waals surface area contributed by atoms with Gasteiger partial charge >= 0.3 is 0 Å². The summed E-state index contributed by atoms with van der Waals surface area (Å²) in [5.41, 5.74) is 4.46. The van der Waals surface area contributed by atoms with Crippen molar-refractivity contribution in [2.75, 3.05) is 5.75 Å². The fourth-order valence-corrected chi connectivity index (χ4v) is 3.40. The van der Waals surface area contributed by atoms with E-state index < -0.39 is 0 Å². The lowest BCUT2D eigenvalue weighted by atomic mass is 9.78. The summed E-state index contributed by atoms with van der Waals surface area (Å²) in [6.45, 7) is 13.7. The number of pyridine rings is 1. The molecule has 0 spiro atoms. The van der Waals surface area contributed by atoms with Crippen molar-refractivity contribution in [3.8, 4) is 0 Å². The first-order chi connectivity index (χ1) is 8.19. The Hall–Kier alpha value is -0.500. The van der Waals surface area contributed by atoms with E-state index in [9.17, 15) is 0 Å². The van der Waals surface area contributed by atoms with Gasteiger partial charge < -0.3 is 0 Å². The Morgan fingerprint density at radius 2 is 1.72 bits per heavy atom. The third-order valence-electron chi connectivity index (χ3n) is 3.41. The van der Waals surface area contributed by atoms with Crippen LogP contribution in [0, 0.1) is 0 Å². The minimum atomic E-state index is 0.121. The zero-order chi connectivity index (χ0) is 13.6. The van der Waals surface area contributed by atoms with Gasteiger partial charge in [0.1, 0.15) is 0 Å². The minimum Gasteiger partial charge on any atom is -0.245 e. The van der Waals surface area contributed by atoms with Gasteiger partial charge in [-0.25, -0.2) is 4.98 Å². The Balaban J connectivity index is 2.63. The molecule has 2 heterocycles. The van der Waals surface area contributed by atoms with Crippen molar-refractivity contribution in [1.29, 1.82) is 0 Å². The lowest BCUT2D eigenvalue weighted by Gasteiger charge is -2.31. The van der Waals surface area contributed by atoms with E-state index in [1.165, 1.54) is 40.4 Å². The van der Waals surface area contributed by atoms with E-state index in [1.807, 2.05) is 11.8 Å². The highest BCUT2D eigenvalue weighted by Crippen LogP contribution is 2.38. The second-order valence-corrected chi connectivity index (χ2v) is 8.38. The summed E-state index contributed by atoms with van der Waals surface area (Å²) in [7, 11) is 0. The van der Waals surface area contributed by atoms with Crippen molar-refractivity contribution in [2.24, 2.45) is 0 Å². The van der Waals surface area contributed by atoms with Crippen molar-refractivity contribution in [3.63, 3.8) is 0 Å². The first-order valence-corrected chi connectivity index (χ1v) is 7.86. The first kappa shape index (κ1) is 13.9. The number of rotatable bonds is 0. The molecule has 0 radical (unpaired) electrons. The smallest absolute Gasteiger partial charge is 0.0995 e. The SMILES string of the molecule is CC(C)(C)c1cc2c(nc1C(C)(C)C)SCCC2. The molecule has 1 aliphatic rings. The number of aromatic nitrogens is 1. The number of hydrogen-bond acceptors (Lipinski definition) is 2. The average Bonchev–Trinajstić information content (AvgIpc) is 2.25. The van der Waals surface area contributed by atoms with E-state index in [0.717, 1.165) is 0 Å². The van der Waals surface area contributed by atoms with E-state index in [2.05, 4.69) is 47.6 Å². The zero-order valence-electron chi connectivity index (χ0n) is 12.6. The summed E-state index contributed by atoms with van der Waals surface area (Å²) < 4.78 is 0. The average molecular weight is 263 g/mol. The molecule has 1 aromatic heterocycles. The molecule has 2 rings (SSSR count). The fraction of sp³-hybridized carbons (Fsp3) is 0.688. The van der Waals surface area contributed by atoms with Gasteiger partial charge in [-0.2, -0.15) is 0 Å². The lowest BCUT2D eigenvalue weighted by molar-refractivity contribution is 0.506. The van der Waals surface area contributed by atoms with Crippen LogP contribution in [0.4, 0.5) is 0 Å². The van der Waals surface area contributed by atoms with Crippen molar-refractivity contribution in [3.05, 3.63) is 22.9 Å². The molecule has 0 bridgehead atoms. The van der Waals surface area contributed by atoms with Gasteiger partial charge in [-0.05, 0) is 35.1 Å². The molecule has 2 heteroatoms. The Kier molecular flexibility index (Phi) is 3.52. The topological polar surface area (TPSA) is 12.9 Å². The largest absolute Gasteiger partial charge is 0.245 e. The van der Waals surface area contributed by atoms with Crippen LogP contribution in [-0.4, -0.2) is 10.7 Å². The van der Waals surface area contributed by atoms with Gasteiger partial charge in [-0.3, -0.25) is 0 Å². The van der Waals surface area contributed by atoms with Gasteiger partial charge in [0, 0.05) is 5.41 Å². The highest BCUT2D eigenvalue weighted by Gasteiger charge is 2.28. The van der Waals surface area contributed by atoms with E-state index in [0.29, 0.717) is 0 Å². The fourth-order valence-electron chi connectivity index (χ4n) is 2.42. The lowest BCUT2D eigenvalue weighted by Crippen LogP contribution is -2.25. The summed E-state index contributed by atoms with van der Waals surface area (Å²) in [5, 5.41) is 1.28. The van der Waals surface area contributed by atoms with E-state index in [-0.39, 0.29) is 10.8 Å². The molecule has 0 amide bonds. The Morgan fingerprint density at radius 1 is 1.06 bits per heavy atom. The summed E-state index contributed by atoms with van der Waals surface area (Å²) in [6, 6.07) is 2.43. The molecule has 0 saturated carbocycles. The molecule has 0 unspecified atom stereocenters. The molecule has 0 saturated heterocycles. The molecule has 1 aromatic rings. The van der Waals surface area contributed by atoms with Gasteiger partial charge in [0.05, 0.1) is 10.7 Å². The third-order valence-corrected chi connectivity index (χ3v) is 4.53. The second kappa shape index (κ2) is 4.56. The maximum Gasteiger partial charge on any atom is 0.0995 e. The van der Waals surface area contributed by atoms with Crippen molar-refractivity contribution < 1.29 is 0 Å². The number of nitrogens with zero attached hydrogens (tertiary/aromatic N) is 1. The normalized spacial score (nSPS) is 16.6. The maximum atomic E-state index is 5.01. The highest BCUT2D eigenvalue weighted by molar-refractivity contribution is 7.99. The van der Waals surface area contributed by atoms with Crippen LogP contribution in [0.3, 0.4) is 0 Å². The molecular formula is C16H25NS. The van der Waals surface area contributed by atoms with Crippen LogP contribution in [0.25, 0.3) is 0 Å². The molecule has 0 aliphatic carbocycles. The maximum absolute atomic E-state index is 5.01. The molecule has 0 fully saturated rings. The van der Waals surface area contributed by atoms with Crippen LogP contribution in [0.2, 0.25) is 0 Å². The van der Waals surface area contributed by atoms with Crippen molar-refractivity contribution in [2.45, 2.75) is 70.2 Å². The Bertz CT molecular complexity index is 406. The van der Waals surface area contributed by atoms with E-state index >= 15 is 0 Å². The quantitative estimate of drug-likeness (QED) is 0.672. The predicted octanol–water partition coefficient (Wildman–Crippen LogP) is 4.71. The second-order valence-electron chi connectivity index (χ2n) is 7.30. The molecule has 1 aliphatic heterocycles. The van der Waals surface area contributed by atoms with E-state index in [4.69, 9.17) is 4.98 Å². The summed E-state index contributed by atoms with van der Waals surface area (Å²) in [4.78, 5) is 5.01. The molecule has 0 aromatic carbocycles. The van der Waals surface area contributed by atoms with E-state index in [1.54, 1.807) is 0 Å². The number of fused-ring (bicyclic) bond motifs is 1. The first-order valence-electron chi connectivity index (χ1n) is 6.87. The minimum absolute atomic E-state index is 0.121. The molecule has 0 N–H and O–H groups in total. The molecule has 100 valence electrons. The van der Waals surface area contributed by atoms with Crippen LogP contribution in [0.5, 0.6) is 0 Å². The van der Waals surface area contributed by atoms with Gasteiger partial charge in [0.25, 0.3) is 0 Å². The van der Waals surface area contributed by atoms with Crippen LogP contribution in [-0.2, 0) is 17.3 Å². The number of hydrogen-bond donors (Lipinski definition) is 0. The van der Waals surface area contributed by atoms with Crippen molar-refractivity contribution >= 4 is 11.8 Å². The standard InChI is InChI=1S/C16H25NS/c1-15(2,3)12-10-11-8-7-9-18-14(11)17-13(12)16(4,5)6/h10H,7-9H2,1-6H3. The summed E-state index contributed by atoms with van der Waals surface area (Å²) >= 11 is 1.93. The van der Waals surface area contributed by atoms with Gasteiger partial charge in [0.2, 0.25) is 0 Å². The molecule has 1 nitrogen and oxygen atoms in total. The van der Waals surface area contributed by atoms with Gasteiger partial charge in [0.15, 0.2) is 0 Å². The predicted molar refractivity (Wildman–Crippen MR) is 80.7 cm³/mol. The molecular weight excluding hydrogens is 238 g/mol. The van der Waals surface area contributed by atoms with Gasteiger partial charge in [-0.15, -0.1) is 11.8 Å². The zero-order valence-corrected chi connectivity index (χ0v) is 13.4. The summed E-state index contributed by atoms with van der Waals surface area (Å²) in [6.07, 6.45) is 2.49. The monoisotopic (exact) mass is 263 g/mol. The Morgan fingerprint density at radius 3 is 2.28 bits per heavy atom. The molecule has 18 heavy (non-hydrogen) atoms. The van der Waals surface area contributed by atoms with Crippen LogP contribution in [0.15, 0.2) is 11.1 Å². The molecule has 0 atom stereocenters. The number of aryl methyl sites for hydroxylation is 1. The van der Waals surface area contributed by atoms with Crippen LogP contribution < -0.4 is 0 Å². The van der Waals surface area contributed by atoms with Crippen LogP contribution >= 0.6 is 11.8 Å². The third kappa shape index (κ3) is 2.74. The Labute approximate surface area is 116 Å². The van der Waals surface area contributed by atoms with Gasteiger partial charge in [-0.1, -0.05) is 47.6 Å². The summed E-state index contributed by atoms with van der Waals surface area (Å²) in [5.74, 6) is 1.22.